The number of amides is 2. The van der Waals surface area contributed by atoms with E-state index < -0.39 is 5.41 Å². The maximum Gasteiger partial charge on any atom is 0.255 e. The standard InChI is InChI=1S/C20H26N4O2/c1-3-20(4-2,14-21)19(26)23-13-15-5-7-17(8-6-15)24-18(25)16-9-11-22-12-10-16/h5-12H,3-4,13-14,21H2,1-2H3,(H,23,26)(H,24,25). The van der Waals surface area contributed by atoms with Gasteiger partial charge in [-0.3, -0.25) is 14.6 Å². The van der Waals surface area contributed by atoms with Crippen molar-refractivity contribution in [3.63, 3.8) is 0 Å². The number of nitrogens with one attached hydrogen (secondary N) is 2. The molecule has 2 rings (SSSR count). The molecule has 4 N–H and O–H groups in total. The monoisotopic (exact) mass is 354 g/mol. The van der Waals surface area contributed by atoms with E-state index in [-0.39, 0.29) is 11.8 Å². The Hall–Kier alpha value is -2.73. The zero-order valence-electron chi connectivity index (χ0n) is 15.3. The summed E-state index contributed by atoms with van der Waals surface area (Å²) in [5.74, 6) is -0.202. The van der Waals surface area contributed by atoms with Crippen LogP contribution in [0.5, 0.6) is 0 Å². The van der Waals surface area contributed by atoms with Crippen molar-refractivity contribution in [1.82, 2.24) is 10.3 Å². The second kappa shape index (κ2) is 9.10. The molecule has 0 atom stereocenters. The number of nitrogens with two attached hydrogens (primary N) is 1. The van der Waals surface area contributed by atoms with Crippen molar-refractivity contribution in [2.24, 2.45) is 11.1 Å². The number of aromatic nitrogens is 1. The van der Waals surface area contributed by atoms with Crippen LogP contribution in [0.2, 0.25) is 0 Å². The quantitative estimate of drug-likeness (QED) is 0.679. The van der Waals surface area contributed by atoms with E-state index >= 15 is 0 Å². The van der Waals surface area contributed by atoms with E-state index in [4.69, 9.17) is 5.73 Å². The summed E-state index contributed by atoms with van der Waals surface area (Å²) in [6.45, 7) is 4.73. The lowest BCUT2D eigenvalue weighted by molar-refractivity contribution is -0.131. The average Bonchev–Trinajstić information content (AvgIpc) is 2.70. The molecule has 1 aromatic heterocycles. The van der Waals surface area contributed by atoms with Gasteiger partial charge in [-0.25, -0.2) is 0 Å². The highest BCUT2D eigenvalue weighted by atomic mass is 16.2. The van der Waals surface area contributed by atoms with Gasteiger partial charge >= 0.3 is 0 Å². The van der Waals surface area contributed by atoms with Crippen LogP contribution in [-0.4, -0.2) is 23.3 Å². The molecule has 6 nitrogen and oxygen atoms in total. The Kier molecular flexibility index (Phi) is 6.86. The molecule has 0 saturated carbocycles. The number of carbonyl (C=O) groups is 2. The van der Waals surface area contributed by atoms with Crippen LogP contribution in [0.1, 0.15) is 42.6 Å². The average molecular weight is 354 g/mol. The normalized spacial score (nSPS) is 11.0. The molecule has 26 heavy (non-hydrogen) atoms. The van der Waals surface area contributed by atoms with E-state index in [0.717, 1.165) is 5.56 Å². The molecular formula is C20H26N4O2. The van der Waals surface area contributed by atoms with Gasteiger partial charge < -0.3 is 16.4 Å². The first kappa shape index (κ1) is 19.6. The van der Waals surface area contributed by atoms with Gasteiger partial charge in [0.1, 0.15) is 0 Å². The van der Waals surface area contributed by atoms with Gasteiger partial charge in [-0.1, -0.05) is 26.0 Å². The van der Waals surface area contributed by atoms with Gasteiger partial charge in [0, 0.05) is 36.7 Å². The number of pyridine rings is 1. The molecule has 0 bridgehead atoms. The molecule has 0 aliphatic heterocycles. The van der Waals surface area contributed by atoms with Crippen LogP contribution in [0.4, 0.5) is 5.69 Å². The molecular weight excluding hydrogens is 328 g/mol. The fourth-order valence-corrected chi connectivity index (χ4v) is 2.73. The second-order valence-corrected chi connectivity index (χ2v) is 6.26. The van der Waals surface area contributed by atoms with E-state index in [0.29, 0.717) is 37.2 Å². The molecule has 2 amide bonds. The van der Waals surface area contributed by atoms with Crippen LogP contribution < -0.4 is 16.4 Å². The minimum Gasteiger partial charge on any atom is -0.352 e. The Morgan fingerprint density at radius 3 is 2.19 bits per heavy atom. The Morgan fingerprint density at radius 1 is 1.04 bits per heavy atom. The minimum atomic E-state index is -0.502. The van der Waals surface area contributed by atoms with Crippen molar-refractivity contribution >= 4 is 17.5 Å². The third kappa shape index (κ3) is 4.67. The number of hydrogen-bond acceptors (Lipinski definition) is 4. The van der Waals surface area contributed by atoms with Crippen molar-refractivity contribution in [3.05, 3.63) is 59.9 Å². The molecule has 0 unspecified atom stereocenters. The molecule has 2 aromatic rings. The predicted molar refractivity (Wildman–Crippen MR) is 103 cm³/mol. The molecule has 0 spiro atoms. The zero-order chi connectivity index (χ0) is 19.0. The first-order valence-corrected chi connectivity index (χ1v) is 8.83. The summed E-state index contributed by atoms with van der Waals surface area (Å²) < 4.78 is 0. The molecule has 6 heteroatoms. The molecule has 0 aliphatic rings. The Balaban J connectivity index is 1.93. The van der Waals surface area contributed by atoms with E-state index in [9.17, 15) is 9.59 Å². The van der Waals surface area contributed by atoms with Crippen molar-refractivity contribution in [2.45, 2.75) is 33.2 Å². The van der Waals surface area contributed by atoms with Gasteiger partial charge in [0.25, 0.3) is 5.91 Å². The highest BCUT2D eigenvalue weighted by Crippen LogP contribution is 2.25. The van der Waals surface area contributed by atoms with Crippen molar-refractivity contribution in [1.29, 1.82) is 0 Å². The van der Waals surface area contributed by atoms with E-state index in [2.05, 4.69) is 15.6 Å². The maximum atomic E-state index is 12.4. The summed E-state index contributed by atoms with van der Waals surface area (Å²) >= 11 is 0. The van der Waals surface area contributed by atoms with Crippen LogP contribution in [0.3, 0.4) is 0 Å². The topological polar surface area (TPSA) is 97.1 Å². The molecule has 0 fully saturated rings. The second-order valence-electron chi connectivity index (χ2n) is 6.26. The highest BCUT2D eigenvalue weighted by Gasteiger charge is 2.32. The fraction of sp³-hybridized carbons (Fsp3) is 0.350. The summed E-state index contributed by atoms with van der Waals surface area (Å²) in [5.41, 5.74) is 7.51. The summed E-state index contributed by atoms with van der Waals surface area (Å²) in [5, 5.41) is 5.80. The molecule has 1 aromatic carbocycles. The van der Waals surface area contributed by atoms with Gasteiger partial charge in [0.05, 0.1) is 5.41 Å². The van der Waals surface area contributed by atoms with Crippen molar-refractivity contribution in [3.8, 4) is 0 Å². The number of carbonyl (C=O) groups excluding carboxylic acids is 2. The van der Waals surface area contributed by atoms with E-state index in [1.165, 1.54) is 0 Å². The minimum absolute atomic E-state index is 0.0138. The first-order chi connectivity index (χ1) is 12.5. The van der Waals surface area contributed by atoms with Crippen molar-refractivity contribution in [2.75, 3.05) is 11.9 Å². The van der Waals surface area contributed by atoms with Gasteiger partial charge in [-0.2, -0.15) is 0 Å². The van der Waals surface area contributed by atoms with Crippen molar-refractivity contribution < 1.29 is 9.59 Å². The third-order valence-corrected chi connectivity index (χ3v) is 4.83. The number of anilines is 1. The van der Waals surface area contributed by atoms with Crippen LogP contribution in [0, 0.1) is 5.41 Å². The van der Waals surface area contributed by atoms with Crippen LogP contribution in [0.15, 0.2) is 48.8 Å². The van der Waals surface area contributed by atoms with Gasteiger partial charge in [-0.15, -0.1) is 0 Å². The number of hydrogen-bond donors (Lipinski definition) is 3. The first-order valence-electron chi connectivity index (χ1n) is 8.83. The summed E-state index contributed by atoms with van der Waals surface area (Å²) in [6.07, 6.45) is 4.58. The highest BCUT2D eigenvalue weighted by molar-refractivity contribution is 6.04. The summed E-state index contributed by atoms with van der Waals surface area (Å²) in [4.78, 5) is 28.5. The van der Waals surface area contributed by atoms with Crippen LogP contribution >= 0.6 is 0 Å². The summed E-state index contributed by atoms with van der Waals surface area (Å²) in [7, 11) is 0. The SMILES string of the molecule is CCC(CC)(CN)C(=O)NCc1ccc(NC(=O)c2ccncc2)cc1. The van der Waals surface area contributed by atoms with E-state index in [1.807, 2.05) is 38.1 Å². The molecule has 0 saturated heterocycles. The smallest absolute Gasteiger partial charge is 0.255 e. The number of nitrogens with zero attached hydrogens (tertiary/aromatic N) is 1. The molecule has 138 valence electrons. The number of rotatable bonds is 8. The third-order valence-electron chi connectivity index (χ3n) is 4.83. The Bertz CT molecular complexity index is 717. The zero-order valence-corrected chi connectivity index (χ0v) is 15.3. The molecule has 0 aliphatic carbocycles. The fourth-order valence-electron chi connectivity index (χ4n) is 2.73. The lowest BCUT2D eigenvalue weighted by Crippen LogP contribution is -2.45. The summed E-state index contributed by atoms with van der Waals surface area (Å²) in [6, 6.07) is 10.7. The lowest BCUT2D eigenvalue weighted by Gasteiger charge is -2.28. The Labute approximate surface area is 154 Å². The van der Waals surface area contributed by atoms with E-state index in [1.54, 1.807) is 24.5 Å². The predicted octanol–water partition coefficient (Wildman–Crippen LogP) is 2.72. The number of benzene rings is 1. The maximum absolute atomic E-state index is 12.4. The molecule has 0 radical (unpaired) electrons. The largest absolute Gasteiger partial charge is 0.352 e. The van der Waals surface area contributed by atoms with Gasteiger partial charge in [-0.05, 0) is 42.7 Å². The van der Waals surface area contributed by atoms with Crippen LogP contribution in [-0.2, 0) is 11.3 Å². The van der Waals surface area contributed by atoms with Crippen LogP contribution in [0.25, 0.3) is 0 Å². The lowest BCUT2D eigenvalue weighted by atomic mass is 9.81. The molecule has 1 heterocycles. The van der Waals surface area contributed by atoms with Gasteiger partial charge in [0.15, 0.2) is 0 Å². The van der Waals surface area contributed by atoms with Gasteiger partial charge in [0.2, 0.25) is 5.91 Å². The Morgan fingerprint density at radius 2 is 1.65 bits per heavy atom.